The lowest BCUT2D eigenvalue weighted by atomic mass is 9.94. The summed E-state index contributed by atoms with van der Waals surface area (Å²) in [7, 11) is 0.220. The molecule has 10 nitrogen and oxygen atoms in total. The third-order valence-electron chi connectivity index (χ3n) is 6.03. The number of Topliss-reactive ketones (excluding diaryl/α,β-unsaturated/α-hetero) is 1. The number of nitrogens with zero attached hydrogens (tertiary/aromatic N) is 1. The zero-order valence-electron chi connectivity index (χ0n) is 20.5. The van der Waals surface area contributed by atoms with Crippen LogP contribution < -0.4 is 24.2 Å². The van der Waals surface area contributed by atoms with Crippen LogP contribution in [0.5, 0.6) is 17.2 Å². The molecule has 1 fully saturated rings. The number of halogens is 1. The Kier molecular flexibility index (Phi) is 7.36. The van der Waals surface area contributed by atoms with Gasteiger partial charge in [-0.15, -0.1) is 0 Å². The molecule has 12 heteroatoms. The van der Waals surface area contributed by atoms with E-state index in [4.69, 9.17) is 31.0 Å². The van der Waals surface area contributed by atoms with Gasteiger partial charge in [0.05, 0.1) is 48.4 Å². The summed E-state index contributed by atoms with van der Waals surface area (Å²) in [6, 6.07) is 13.5. The summed E-state index contributed by atoms with van der Waals surface area (Å²) in [6.07, 6.45) is 0. The van der Waals surface area contributed by atoms with Gasteiger partial charge >= 0.3 is 0 Å². The topological polar surface area (TPSA) is 145 Å². The second kappa shape index (κ2) is 10.4. The van der Waals surface area contributed by atoms with E-state index in [1.165, 1.54) is 57.7 Å². The number of anilines is 1. The van der Waals surface area contributed by atoms with E-state index < -0.39 is 33.5 Å². The van der Waals surface area contributed by atoms with Gasteiger partial charge in [-0.05, 0) is 48.0 Å². The molecule has 1 unspecified atom stereocenters. The van der Waals surface area contributed by atoms with E-state index in [1.54, 1.807) is 24.3 Å². The molecular formula is C26H23ClN2O8S. The van der Waals surface area contributed by atoms with Gasteiger partial charge in [-0.25, -0.2) is 13.6 Å². The van der Waals surface area contributed by atoms with Crippen LogP contribution in [0.3, 0.4) is 0 Å². The molecule has 198 valence electrons. The van der Waals surface area contributed by atoms with Gasteiger partial charge in [0.25, 0.3) is 11.7 Å². The summed E-state index contributed by atoms with van der Waals surface area (Å²) < 4.78 is 39.4. The fourth-order valence-corrected chi connectivity index (χ4v) is 4.96. The minimum atomic E-state index is -3.99. The highest BCUT2D eigenvalue weighted by Gasteiger charge is 2.47. The SMILES string of the molecule is COc1cccc(C2/C(=C(\O)c3cc(OC)c(Cl)cc3OC)C(=O)C(=O)N2c2ccc(S(N)(=O)=O)cc2)c1. The number of aliphatic hydroxyl groups excluding tert-OH is 1. The monoisotopic (exact) mass is 558 g/mol. The molecule has 0 radical (unpaired) electrons. The van der Waals surface area contributed by atoms with Gasteiger partial charge in [0.15, 0.2) is 0 Å². The smallest absolute Gasteiger partial charge is 0.300 e. The predicted molar refractivity (Wildman–Crippen MR) is 140 cm³/mol. The van der Waals surface area contributed by atoms with Crippen molar-refractivity contribution < 1.29 is 37.3 Å². The molecule has 0 aliphatic carbocycles. The van der Waals surface area contributed by atoms with Crippen LogP contribution in [0.4, 0.5) is 5.69 Å². The van der Waals surface area contributed by atoms with Crippen LogP contribution in [-0.4, -0.2) is 46.5 Å². The average Bonchev–Trinajstić information content (AvgIpc) is 3.17. The van der Waals surface area contributed by atoms with Crippen LogP contribution in [0.1, 0.15) is 17.2 Å². The molecule has 0 spiro atoms. The predicted octanol–water partition coefficient (Wildman–Crippen LogP) is 3.64. The summed E-state index contributed by atoms with van der Waals surface area (Å²) in [5, 5.41) is 16.9. The normalized spacial score (nSPS) is 17.0. The number of benzene rings is 3. The number of hydrogen-bond acceptors (Lipinski definition) is 8. The van der Waals surface area contributed by atoms with Crippen LogP contribution in [0.2, 0.25) is 5.02 Å². The number of rotatable bonds is 7. The van der Waals surface area contributed by atoms with Gasteiger partial charge in [0, 0.05) is 11.8 Å². The Morgan fingerprint density at radius 1 is 0.947 bits per heavy atom. The number of ether oxygens (including phenoxy) is 3. The molecule has 3 aromatic rings. The first-order chi connectivity index (χ1) is 18.0. The average molecular weight is 559 g/mol. The molecule has 1 heterocycles. The lowest BCUT2D eigenvalue weighted by Crippen LogP contribution is -2.29. The quantitative estimate of drug-likeness (QED) is 0.254. The van der Waals surface area contributed by atoms with E-state index in [-0.39, 0.29) is 38.2 Å². The van der Waals surface area contributed by atoms with Crippen molar-refractivity contribution in [1.82, 2.24) is 0 Å². The zero-order chi connectivity index (χ0) is 27.8. The Morgan fingerprint density at radius 2 is 1.61 bits per heavy atom. The van der Waals surface area contributed by atoms with Gasteiger partial charge in [0.2, 0.25) is 10.0 Å². The second-order valence-corrected chi connectivity index (χ2v) is 10.1. The number of primary sulfonamides is 1. The molecule has 38 heavy (non-hydrogen) atoms. The molecule has 3 N–H and O–H groups in total. The molecule has 3 aromatic carbocycles. The van der Waals surface area contributed by atoms with Gasteiger partial charge in [-0.2, -0.15) is 0 Å². The number of carbonyl (C=O) groups is 2. The number of sulfonamides is 1. The molecule has 4 rings (SSSR count). The molecule has 1 amide bonds. The Hall–Kier alpha value is -4.06. The number of nitrogens with two attached hydrogens (primary N) is 1. The van der Waals surface area contributed by atoms with Crippen molar-refractivity contribution in [3.63, 3.8) is 0 Å². The van der Waals surface area contributed by atoms with Gasteiger partial charge in [0.1, 0.15) is 23.0 Å². The minimum absolute atomic E-state index is 0.0734. The van der Waals surface area contributed by atoms with E-state index in [2.05, 4.69) is 0 Å². The third kappa shape index (κ3) is 4.78. The molecule has 0 aromatic heterocycles. The third-order valence-corrected chi connectivity index (χ3v) is 7.25. The Morgan fingerprint density at radius 3 is 2.18 bits per heavy atom. The fraction of sp³-hybridized carbons (Fsp3) is 0.154. The molecule has 1 saturated heterocycles. The van der Waals surface area contributed by atoms with Crippen molar-refractivity contribution in [2.75, 3.05) is 26.2 Å². The van der Waals surface area contributed by atoms with Crippen molar-refractivity contribution in [1.29, 1.82) is 0 Å². The van der Waals surface area contributed by atoms with Crippen LogP contribution in [0.15, 0.2) is 71.1 Å². The lowest BCUT2D eigenvalue weighted by molar-refractivity contribution is -0.132. The minimum Gasteiger partial charge on any atom is -0.507 e. The largest absolute Gasteiger partial charge is 0.507 e. The molecule has 0 saturated carbocycles. The van der Waals surface area contributed by atoms with Gasteiger partial charge in [-0.3, -0.25) is 14.5 Å². The summed E-state index contributed by atoms with van der Waals surface area (Å²) >= 11 is 6.20. The van der Waals surface area contributed by atoms with Gasteiger partial charge < -0.3 is 19.3 Å². The van der Waals surface area contributed by atoms with E-state index in [1.807, 2.05) is 0 Å². The van der Waals surface area contributed by atoms with Crippen LogP contribution in [0, 0.1) is 0 Å². The Labute approximate surface area is 223 Å². The molecule has 1 aliphatic heterocycles. The molecule has 1 aliphatic rings. The fourth-order valence-electron chi connectivity index (χ4n) is 4.21. The van der Waals surface area contributed by atoms with Crippen LogP contribution in [0.25, 0.3) is 5.76 Å². The standard InChI is InChI=1S/C26H23ClN2O8S/c1-35-16-6-4-5-14(11-16)23-22(24(30)18-12-21(37-3)19(27)13-20(18)36-2)25(31)26(32)29(23)15-7-9-17(10-8-15)38(28,33)34/h4-13,23,30H,1-3H3,(H2,28,33,34)/b24-22+. The lowest BCUT2D eigenvalue weighted by Gasteiger charge is -2.26. The summed E-state index contributed by atoms with van der Waals surface area (Å²) in [6.45, 7) is 0. The van der Waals surface area contributed by atoms with Crippen LogP contribution >= 0.6 is 11.6 Å². The zero-order valence-corrected chi connectivity index (χ0v) is 22.0. The number of aliphatic hydroxyl groups is 1. The Bertz CT molecular complexity index is 1570. The first-order valence-corrected chi connectivity index (χ1v) is 12.9. The van der Waals surface area contributed by atoms with E-state index in [0.29, 0.717) is 11.3 Å². The highest BCUT2D eigenvalue weighted by atomic mass is 35.5. The maximum absolute atomic E-state index is 13.4. The number of carbonyl (C=O) groups excluding carboxylic acids is 2. The highest BCUT2D eigenvalue weighted by Crippen LogP contribution is 2.45. The first kappa shape index (κ1) is 27.0. The second-order valence-electron chi connectivity index (χ2n) is 8.17. The van der Waals surface area contributed by atoms with Crippen LogP contribution in [-0.2, 0) is 19.6 Å². The molecule has 0 bridgehead atoms. The van der Waals surface area contributed by atoms with Crippen molar-refractivity contribution in [3.05, 3.63) is 82.4 Å². The highest BCUT2D eigenvalue weighted by molar-refractivity contribution is 7.89. The maximum Gasteiger partial charge on any atom is 0.300 e. The van der Waals surface area contributed by atoms with E-state index in [0.717, 1.165) is 4.90 Å². The van der Waals surface area contributed by atoms with Crippen molar-refractivity contribution in [3.8, 4) is 17.2 Å². The molecule has 1 atom stereocenters. The van der Waals surface area contributed by atoms with Crippen molar-refractivity contribution >= 4 is 44.8 Å². The van der Waals surface area contributed by atoms with E-state index >= 15 is 0 Å². The number of hydrogen-bond donors (Lipinski definition) is 2. The number of ketones is 1. The van der Waals surface area contributed by atoms with Crippen molar-refractivity contribution in [2.24, 2.45) is 5.14 Å². The maximum atomic E-state index is 13.4. The summed E-state index contributed by atoms with van der Waals surface area (Å²) in [5.74, 6) is -1.64. The number of methoxy groups -OCH3 is 3. The van der Waals surface area contributed by atoms with Crippen molar-refractivity contribution in [2.45, 2.75) is 10.9 Å². The molecular weight excluding hydrogens is 536 g/mol. The first-order valence-electron chi connectivity index (χ1n) is 11.0. The number of amides is 1. The summed E-state index contributed by atoms with van der Waals surface area (Å²) in [4.78, 5) is 27.8. The van der Waals surface area contributed by atoms with Gasteiger partial charge in [-0.1, -0.05) is 23.7 Å². The Balaban J connectivity index is 1.99. The van der Waals surface area contributed by atoms with E-state index in [9.17, 15) is 23.1 Å². The summed E-state index contributed by atoms with van der Waals surface area (Å²) in [5.41, 5.74) is 0.484.